The van der Waals surface area contributed by atoms with Gasteiger partial charge in [-0.05, 0) is 44.0 Å². The summed E-state index contributed by atoms with van der Waals surface area (Å²) in [6.07, 6.45) is 2.70. The second-order valence-corrected chi connectivity index (χ2v) is 6.48. The molecule has 2 fully saturated rings. The van der Waals surface area contributed by atoms with Crippen LogP contribution in [0.5, 0.6) is 5.75 Å². The highest BCUT2D eigenvalue weighted by molar-refractivity contribution is 5.30. The molecule has 0 aliphatic carbocycles. The number of ether oxygens (including phenoxy) is 1. The first-order valence-electron chi connectivity index (χ1n) is 8.05. The number of hydrogen-bond acceptors (Lipinski definition) is 4. The zero-order valence-electron chi connectivity index (χ0n) is 13.2. The van der Waals surface area contributed by atoms with E-state index in [1.165, 1.54) is 32.5 Å². The van der Waals surface area contributed by atoms with Gasteiger partial charge in [0.15, 0.2) is 0 Å². The second kappa shape index (κ2) is 6.34. The SMILES string of the molecule is COc1cccc(C(N)CN2CC3CCCN3CC2C)c1. The van der Waals surface area contributed by atoms with Crippen LogP contribution < -0.4 is 10.5 Å². The zero-order chi connectivity index (χ0) is 14.8. The molecule has 0 aromatic heterocycles. The zero-order valence-corrected chi connectivity index (χ0v) is 13.2. The molecule has 3 rings (SSSR count). The summed E-state index contributed by atoms with van der Waals surface area (Å²) < 4.78 is 5.30. The van der Waals surface area contributed by atoms with Crippen LogP contribution in [-0.2, 0) is 0 Å². The van der Waals surface area contributed by atoms with Crippen LogP contribution in [0, 0.1) is 0 Å². The molecule has 0 saturated carbocycles. The van der Waals surface area contributed by atoms with Gasteiger partial charge in [0.1, 0.15) is 5.75 Å². The van der Waals surface area contributed by atoms with Crippen molar-refractivity contribution in [2.24, 2.45) is 5.73 Å². The second-order valence-electron chi connectivity index (χ2n) is 6.48. The third-order valence-corrected chi connectivity index (χ3v) is 5.02. The van der Waals surface area contributed by atoms with Crippen molar-refractivity contribution in [3.63, 3.8) is 0 Å². The number of nitrogens with two attached hydrogens (primary N) is 1. The van der Waals surface area contributed by atoms with Crippen molar-refractivity contribution in [3.05, 3.63) is 29.8 Å². The van der Waals surface area contributed by atoms with E-state index in [4.69, 9.17) is 10.5 Å². The number of methoxy groups -OCH3 is 1. The van der Waals surface area contributed by atoms with Gasteiger partial charge in [-0.15, -0.1) is 0 Å². The van der Waals surface area contributed by atoms with Crippen molar-refractivity contribution in [3.8, 4) is 5.75 Å². The standard InChI is InChI=1S/C17H27N3O/c1-13-10-19-8-4-6-15(19)11-20(13)12-17(18)14-5-3-7-16(9-14)21-2/h3,5,7,9,13,15,17H,4,6,8,10-12,18H2,1-2H3. The lowest BCUT2D eigenvalue weighted by Crippen LogP contribution is -2.56. The van der Waals surface area contributed by atoms with E-state index in [0.29, 0.717) is 6.04 Å². The molecule has 116 valence electrons. The van der Waals surface area contributed by atoms with Gasteiger partial charge in [0, 0.05) is 37.8 Å². The molecule has 2 saturated heterocycles. The summed E-state index contributed by atoms with van der Waals surface area (Å²) >= 11 is 0. The molecule has 2 aliphatic heterocycles. The van der Waals surface area contributed by atoms with Crippen LogP contribution in [0.3, 0.4) is 0 Å². The monoisotopic (exact) mass is 289 g/mol. The Kier molecular flexibility index (Phi) is 4.48. The van der Waals surface area contributed by atoms with Gasteiger partial charge in [-0.3, -0.25) is 9.80 Å². The number of nitrogens with zero attached hydrogens (tertiary/aromatic N) is 2. The predicted molar refractivity (Wildman–Crippen MR) is 85.6 cm³/mol. The minimum atomic E-state index is 0.0514. The molecule has 0 bridgehead atoms. The van der Waals surface area contributed by atoms with E-state index in [0.717, 1.165) is 23.9 Å². The lowest BCUT2D eigenvalue weighted by Gasteiger charge is -2.43. The highest BCUT2D eigenvalue weighted by Gasteiger charge is 2.34. The van der Waals surface area contributed by atoms with Gasteiger partial charge in [-0.1, -0.05) is 12.1 Å². The fraction of sp³-hybridized carbons (Fsp3) is 0.647. The van der Waals surface area contributed by atoms with E-state index in [1.807, 2.05) is 12.1 Å². The van der Waals surface area contributed by atoms with Crippen LogP contribution >= 0.6 is 0 Å². The molecule has 21 heavy (non-hydrogen) atoms. The molecule has 1 aromatic carbocycles. The average molecular weight is 289 g/mol. The minimum Gasteiger partial charge on any atom is -0.497 e. The Morgan fingerprint density at radius 2 is 2.24 bits per heavy atom. The van der Waals surface area contributed by atoms with Gasteiger partial charge < -0.3 is 10.5 Å². The third-order valence-electron chi connectivity index (χ3n) is 5.02. The number of benzene rings is 1. The van der Waals surface area contributed by atoms with Gasteiger partial charge in [0.2, 0.25) is 0 Å². The summed E-state index contributed by atoms with van der Waals surface area (Å²) in [5.41, 5.74) is 7.60. The van der Waals surface area contributed by atoms with E-state index >= 15 is 0 Å². The smallest absolute Gasteiger partial charge is 0.119 e. The van der Waals surface area contributed by atoms with Gasteiger partial charge in [0.25, 0.3) is 0 Å². The fourth-order valence-corrected chi connectivity index (χ4v) is 3.73. The number of piperazine rings is 1. The number of rotatable bonds is 4. The topological polar surface area (TPSA) is 41.7 Å². The van der Waals surface area contributed by atoms with Gasteiger partial charge in [-0.2, -0.15) is 0 Å². The lowest BCUT2D eigenvalue weighted by molar-refractivity contribution is 0.0553. The van der Waals surface area contributed by atoms with Crippen LogP contribution in [-0.4, -0.2) is 55.2 Å². The molecule has 2 N–H and O–H groups in total. The van der Waals surface area contributed by atoms with Crippen molar-refractivity contribution in [2.75, 3.05) is 33.3 Å². The third kappa shape index (κ3) is 3.23. The van der Waals surface area contributed by atoms with Crippen molar-refractivity contribution < 1.29 is 4.74 Å². The minimum absolute atomic E-state index is 0.0514. The molecule has 0 amide bonds. The molecule has 4 nitrogen and oxygen atoms in total. The Morgan fingerprint density at radius 1 is 1.38 bits per heavy atom. The first-order valence-corrected chi connectivity index (χ1v) is 8.05. The summed E-state index contributed by atoms with van der Waals surface area (Å²) in [5, 5.41) is 0. The molecular weight excluding hydrogens is 262 g/mol. The van der Waals surface area contributed by atoms with Crippen LogP contribution in [0.25, 0.3) is 0 Å². The van der Waals surface area contributed by atoms with Crippen LogP contribution in [0.15, 0.2) is 24.3 Å². The Labute approximate surface area is 127 Å². The molecule has 1 aromatic rings. The van der Waals surface area contributed by atoms with Crippen LogP contribution in [0.4, 0.5) is 0 Å². The number of fused-ring (bicyclic) bond motifs is 1. The van der Waals surface area contributed by atoms with E-state index in [2.05, 4.69) is 28.9 Å². The Hall–Kier alpha value is -1.10. The predicted octanol–water partition coefficient (Wildman–Crippen LogP) is 1.86. The normalized spacial score (nSPS) is 28.3. The number of hydrogen-bond donors (Lipinski definition) is 1. The van der Waals surface area contributed by atoms with Gasteiger partial charge in [0.05, 0.1) is 7.11 Å². The largest absolute Gasteiger partial charge is 0.497 e. The molecule has 3 unspecified atom stereocenters. The van der Waals surface area contributed by atoms with E-state index in [9.17, 15) is 0 Å². The first kappa shape index (κ1) is 14.8. The maximum absolute atomic E-state index is 6.44. The molecular formula is C17H27N3O. The summed E-state index contributed by atoms with van der Waals surface area (Å²) in [6.45, 7) is 6.89. The van der Waals surface area contributed by atoms with Crippen LogP contribution in [0.2, 0.25) is 0 Å². The molecule has 4 heteroatoms. The first-order chi connectivity index (χ1) is 10.2. The summed E-state index contributed by atoms with van der Waals surface area (Å²) in [4.78, 5) is 5.22. The van der Waals surface area contributed by atoms with Crippen molar-refractivity contribution in [2.45, 2.75) is 37.9 Å². The van der Waals surface area contributed by atoms with Gasteiger partial charge >= 0.3 is 0 Å². The molecule has 3 atom stereocenters. The Balaban J connectivity index is 1.64. The van der Waals surface area contributed by atoms with E-state index in [-0.39, 0.29) is 6.04 Å². The van der Waals surface area contributed by atoms with E-state index in [1.54, 1.807) is 7.11 Å². The Bertz CT molecular complexity index is 479. The maximum Gasteiger partial charge on any atom is 0.119 e. The molecule has 0 spiro atoms. The van der Waals surface area contributed by atoms with Crippen molar-refractivity contribution in [1.82, 2.24) is 9.80 Å². The average Bonchev–Trinajstić information content (AvgIpc) is 2.94. The highest BCUT2D eigenvalue weighted by Crippen LogP contribution is 2.26. The summed E-state index contributed by atoms with van der Waals surface area (Å²) in [5.74, 6) is 0.886. The van der Waals surface area contributed by atoms with Crippen LogP contribution in [0.1, 0.15) is 31.4 Å². The van der Waals surface area contributed by atoms with E-state index < -0.39 is 0 Å². The van der Waals surface area contributed by atoms with Gasteiger partial charge in [-0.25, -0.2) is 0 Å². The quantitative estimate of drug-likeness (QED) is 0.919. The maximum atomic E-state index is 6.44. The lowest BCUT2D eigenvalue weighted by atomic mass is 10.0. The molecule has 2 heterocycles. The highest BCUT2D eigenvalue weighted by atomic mass is 16.5. The van der Waals surface area contributed by atoms with Crippen molar-refractivity contribution in [1.29, 1.82) is 0 Å². The van der Waals surface area contributed by atoms with Crippen molar-refractivity contribution >= 4 is 0 Å². The summed E-state index contributed by atoms with van der Waals surface area (Å²) in [7, 11) is 1.70. The fourth-order valence-electron chi connectivity index (χ4n) is 3.73. The molecule has 2 aliphatic rings. The Morgan fingerprint density at radius 3 is 3.05 bits per heavy atom. The summed E-state index contributed by atoms with van der Waals surface area (Å²) in [6, 6.07) is 9.54. The molecule has 0 radical (unpaired) electrons.